The number of benzene rings is 1. The van der Waals surface area contributed by atoms with E-state index in [1.54, 1.807) is 25.6 Å². The van der Waals surface area contributed by atoms with Crippen LogP contribution >= 0.6 is 11.8 Å². The lowest BCUT2D eigenvalue weighted by atomic mass is 10.2. The summed E-state index contributed by atoms with van der Waals surface area (Å²) in [6, 6.07) is 13.3. The molecule has 3 aromatic rings. The summed E-state index contributed by atoms with van der Waals surface area (Å²) in [6.45, 7) is 0.379. The number of rotatable bonds is 6. The number of hydrogen-bond donors (Lipinski definition) is 1. The van der Waals surface area contributed by atoms with E-state index in [9.17, 15) is 4.79 Å². The van der Waals surface area contributed by atoms with Crippen LogP contribution in [0, 0.1) is 0 Å². The van der Waals surface area contributed by atoms with Gasteiger partial charge >= 0.3 is 0 Å². The molecule has 0 saturated heterocycles. The van der Waals surface area contributed by atoms with Gasteiger partial charge in [-0.3, -0.25) is 9.36 Å². The van der Waals surface area contributed by atoms with Gasteiger partial charge in [0.05, 0.1) is 13.3 Å². The zero-order valence-electron chi connectivity index (χ0n) is 14.0. The highest BCUT2D eigenvalue weighted by Crippen LogP contribution is 2.21. The third-order valence-corrected chi connectivity index (χ3v) is 4.27. The van der Waals surface area contributed by atoms with Crippen LogP contribution in [0.2, 0.25) is 0 Å². The summed E-state index contributed by atoms with van der Waals surface area (Å²) in [5.41, 5.74) is 2.29. The fourth-order valence-corrected chi connectivity index (χ4v) is 2.92. The minimum atomic E-state index is -0.188. The second kappa shape index (κ2) is 7.85. The zero-order valence-corrected chi connectivity index (χ0v) is 14.8. The van der Waals surface area contributed by atoms with Gasteiger partial charge in [-0.25, -0.2) is 9.97 Å². The van der Waals surface area contributed by atoms with Gasteiger partial charge in [-0.2, -0.15) is 0 Å². The summed E-state index contributed by atoms with van der Waals surface area (Å²) in [5.74, 6) is 0.356. The van der Waals surface area contributed by atoms with Crippen molar-refractivity contribution in [2.24, 2.45) is 0 Å². The lowest BCUT2D eigenvalue weighted by Crippen LogP contribution is -2.25. The van der Waals surface area contributed by atoms with Gasteiger partial charge in [-0.15, -0.1) is 0 Å². The van der Waals surface area contributed by atoms with E-state index in [-0.39, 0.29) is 5.91 Å². The zero-order chi connectivity index (χ0) is 17.6. The standard InChI is InChI=1S/C18H18N4O2S/c1-24-16-9-8-13(10-19-16)11-20-17(23)15-12-21-18(25-2)22(15)14-6-4-3-5-7-14/h3-10,12H,11H2,1-2H3,(H,20,23). The fourth-order valence-electron chi connectivity index (χ4n) is 2.37. The van der Waals surface area contributed by atoms with Crippen LogP contribution in [0.3, 0.4) is 0 Å². The smallest absolute Gasteiger partial charge is 0.270 e. The number of carbonyl (C=O) groups excluding carboxylic acids is 1. The molecule has 0 aliphatic rings. The Kier molecular flexibility index (Phi) is 5.35. The molecule has 0 unspecified atom stereocenters. The van der Waals surface area contributed by atoms with Crippen LogP contribution in [-0.4, -0.2) is 33.8 Å². The molecular formula is C18H18N4O2S. The molecule has 0 spiro atoms. The van der Waals surface area contributed by atoms with Gasteiger partial charge in [0.25, 0.3) is 5.91 Å². The highest BCUT2D eigenvalue weighted by Gasteiger charge is 2.17. The van der Waals surface area contributed by atoms with Crippen molar-refractivity contribution < 1.29 is 9.53 Å². The van der Waals surface area contributed by atoms with Crippen LogP contribution in [0.1, 0.15) is 16.1 Å². The maximum absolute atomic E-state index is 12.6. The molecule has 3 rings (SSSR count). The quantitative estimate of drug-likeness (QED) is 0.689. The van der Waals surface area contributed by atoms with E-state index in [1.165, 1.54) is 11.8 Å². The SMILES string of the molecule is COc1ccc(CNC(=O)c2cnc(SC)n2-c2ccccc2)cn1. The Morgan fingerprint density at radius 2 is 1.96 bits per heavy atom. The highest BCUT2D eigenvalue weighted by atomic mass is 32.2. The topological polar surface area (TPSA) is 69.0 Å². The molecule has 0 radical (unpaired) electrons. The van der Waals surface area contributed by atoms with Crippen molar-refractivity contribution in [3.63, 3.8) is 0 Å². The first kappa shape index (κ1) is 17.0. The molecule has 1 amide bonds. The molecule has 6 nitrogen and oxygen atoms in total. The summed E-state index contributed by atoms with van der Waals surface area (Å²) >= 11 is 1.50. The lowest BCUT2D eigenvalue weighted by molar-refractivity contribution is 0.0943. The summed E-state index contributed by atoms with van der Waals surface area (Å²) in [4.78, 5) is 21.1. The Labute approximate surface area is 150 Å². The average Bonchev–Trinajstić information content (AvgIpc) is 3.11. The molecule has 0 aliphatic carbocycles. The molecule has 0 atom stereocenters. The van der Waals surface area contributed by atoms with Crippen LogP contribution in [-0.2, 0) is 6.54 Å². The molecule has 7 heteroatoms. The highest BCUT2D eigenvalue weighted by molar-refractivity contribution is 7.98. The van der Waals surface area contributed by atoms with Crippen molar-refractivity contribution in [3.05, 3.63) is 66.1 Å². The van der Waals surface area contributed by atoms with Gasteiger partial charge in [-0.1, -0.05) is 36.0 Å². The largest absolute Gasteiger partial charge is 0.481 e. The minimum absolute atomic E-state index is 0.188. The van der Waals surface area contributed by atoms with E-state index in [0.29, 0.717) is 18.1 Å². The number of methoxy groups -OCH3 is 1. The molecule has 0 saturated carbocycles. The summed E-state index contributed by atoms with van der Waals surface area (Å²) in [6.07, 6.45) is 5.22. The van der Waals surface area contributed by atoms with E-state index in [2.05, 4.69) is 15.3 Å². The van der Waals surface area contributed by atoms with Crippen LogP contribution in [0.5, 0.6) is 5.88 Å². The third-order valence-electron chi connectivity index (χ3n) is 3.62. The van der Waals surface area contributed by atoms with E-state index < -0.39 is 0 Å². The summed E-state index contributed by atoms with van der Waals surface area (Å²) < 4.78 is 6.88. The van der Waals surface area contributed by atoms with Crippen molar-refractivity contribution in [3.8, 4) is 11.6 Å². The molecular weight excluding hydrogens is 336 g/mol. The van der Waals surface area contributed by atoms with Crippen LogP contribution in [0.4, 0.5) is 0 Å². The molecule has 1 aromatic carbocycles. The Morgan fingerprint density at radius 1 is 1.16 bits per heavy atom. The Bertz CT molecular complexity index is 847. The van der Waals surface area contributed by atoms with Gasteiger partial charge < -0.3 is 10.1 Å². The van der Waals surface area contributed by atoms with Gasteiger partial charge in [0.2, 0.25) is 5.88 Å². The number of para-hydroxylation sites is 1. The number of thioether (sulfide) groups is 1. The molecule has 0 aliphatic heterocycles. The first-order chi connectivity index (χ1) is 12.2. The fraction of sp³-hybridized carbons (Fsp3) is 0.167. The number of imidazole rings is 1. The second-order valence-electron chi connectivity index (χ2n) is 5.19. The number of aromatic nitrogens is 3. The average molecular weight is 354 g/mol. The Balaban J connectivity index is 1.79. The molecule has 0 fully saturated rings. The maximum atomic E-state index is 12.6. The predicted octanol–water partition coefficient (Wildman–Crippen LogP) is 2.93. The van der Waals surface area contributed by atoms with Crippen LogP contribution in [0.25, 0.3) is 5.69 Å². The minimum Gasteiger partial charge on any atom is -0.481 e. The third kappa shape index (κ3) is 3.83. The van der Waals surface area contributed by atoms with E-state index in [0.717, 1.165) is 16.4 Å². The first-order valence-corrected chi connectivity index (χ1v) is 8.89. The first-order valence-electron chi connectivity index (χ1n) is 7.67. The van der Waals surface area contributed by atoms with Crippen LogP contribution < -0.4 is 10.1 Å². The van der Waals surface area contributed by atoms with Gasteiger partial charge in [0.1, 0.15) is 5.69 Å². The number of pyridine rings is 1. The molecule has 128 valence electrons. The van der Waals surface area contributed by atoms with Crippen molar-refractivity contribution in [1.29, 1.82) is 0 Å². The number of hydrogen-bond acceptors (Lipinski definition) is 5. The van der Waals surface area contributed by atoms with E-state index in [1.807, 2.05) is 47.2 Å². The summed E-state index contributed by atoms with van der Waals surface area (Å²) in [5, 5.41) is 3.68. The number of ether oxygens (including phenoxy) is 1. The van der Waals surface area contributed by atoms with E-state index in [4.69, 9.17) is 4.74 Å². The molecule has 2 heterocycles. The molecule has 1 N–H and O–H groups in total. The van der Waals surface area contributed by atoms with Crippen molar-refractivity contribution in [2.45, 2.75) is 11.7 Å². The van der Waals surface area contributed by atoms with Gasteiger partial charge in [0, 0.05) is 24.5 Å². The number of carbonyl (C=O) groups is 1. The normalized spacial score (nSPS) is 10.5. The number of nitrogens with zero attached hydrogens (tertiary/aromatic N) is 3. The maximum Gasteiger partial charge on any atom is 0.270 e. The van der Waals surface area contributed by atoms with Gasteiger partial charge in [-0.05, 0) is 24.0 Å². The molecule has 0 bridgehead atoms. The summed E-state index contributed by atoms with van der Waals surface area (Å²) in [7, 11) is 1.57. The molecule has 25 heavy (non-hydrogen) atoms. The monoisotopic (exact) mass is 354 g/mol. The van der Waals surface area contributed by atoms with Crippen molar-refractivity contribution in [2.75, 3.05) is 13.4 Å². The van der Waals surface area contributed by atoms with Crippen LogP contribution in [0.15, 0.2) is 60.0 Å². The Morgan fingerprint density at radius 3 is 2.60 bits per heavy atom. The van der Waals surface area contributed by atoms with Crippen molar-refractivity contribution >= 4 is 17.7 Å². The molecule has 2 aromatic heterocycles. The van der Waals surface area contributed by atoms with Crippen molar-refractivity contribution in [1.82, 2.24) is 19.9 Å². The predicted molar refractivity (Wildman–Crippen MR) is 97.3 cm³/mol. The lowest BCUT2D eigenvalue weighted by Gasteiger charge is -2.11. The van der Waals surface area contributed by atoms with E-state index >= 15 is 0 Å². The number of nitrogens with one attached hydrogen (secondary N) is 1. The Hall–Kier alpha value is -2.80. The second-order valence-corrected chi connectivity index (χ2v) is 5.97. The van der Waals surface area contributed by atoms with Gasteiger partial charge in [0.15, 0.2) is 5.16 Å². The number of amides is 1.